The van der Waals surface area contributed by atoms with E-state index in [1.54, 1.807) is 40.7 Å². The number of hydrogen-bond donors (Lipinski definition) is 1. The highest BCUT2D eigenvalue weighted by molar-refractivity contribution is 7.89. The SMILES string of the molecule is C[C@@H]1CN(S(=O)(=O)c2ccccc2)C[C@H](C)N1Cc1ccc(C(=O)CO)cc1. The minimum absolute atomic E-state index is 0.0565. The van der Waals surface area contributed by atoms with Crippen LogP contribution in [0, 0.1) is 0 Å². The third-order valence-electron chi connectivity index (χ3n) is 5.23. The standard InChI is InChI=1S/C21H26N2O4S/c1-16-12-22(28(26,27)20-6-4-3-5-7-20)13-17(2)23(16)14-18-8-10-19(11-9-18)21(25)15-24/h3-11,16-17,24H,12-15H2,1-2H3/t16-,17+. The van der Waals surface area contributed by atoms with E-state index in [1.807, 2.05) is 32.0 Å². The largest absolute Gasteiger partial charge is 0.388 e. The van der Waals surface area contributed by atoms with E-state index in [0.29, 0.717) is 30.1 Å². The van der Waals surface area contributed by atoms with Gasteiger partial charge < -0.3 is 5.11 Å². The van der Waals surface area contributed by atoms with Crippen LogP contribution in [0.4, 0.5) is 0 Å². The van der Waals surface area contributed by atoms with Crippen LogP contribution in [0.3, 0.4) is 0 Å². The van der Waals surface area contributed by atoms with Crippen LogP contribution in [0.15, 0.2) is 59.5 Å². The number of piperazine rings is 1. The van der Waals surface area contributed by atoms with Crippen molar-refractivity contribution in [1.29, 1.82) is 0 Å². The molecular weight excluding hydrogens is 376 g/mol. The van der Waals surface area contributed by atoms with Crippen LogP contribution in [0.5, 0.6) is 0 Å². The average molecular weight is 403 g/mol. The molecule has 0 bridgehead atoms. The topological polar surface area (TPSA) is 77.9 Å². The number of hydrogen-bond acceptors (Lipinski definition) is 5. The van der Waals surface area contributed by atoms with Crippen molar-refractivity contribution in [2.24, 2.45) is 0 Å². The van der Waals surface area contributed by atoms with Crippen LogP contribution >= 0.6 is 0 Å². The molecule has 2 aromatic carbocycles. The van der Waals surface area contributed by atoms with Gasteiger partial charge in [0.1, 0.15) is 6.61 Å². The maximum Gasteiger partial charge on any atom is 0.243 e. The van der Waals surface area contributed by atoms with Crippen molar-refractivity contribution in [3.8, 4) is 0 Å². The Bertz CT molecular complexity index is 901. The Kier molecular flexibility index (Phi) is 6.30. The lowest BCUT2D eigenvalue weighted by Crippen LogP contribution is -2.57. The van der Waals surface area contributed by atoms with Crippen LogP contribution in [0.2, 0.25) is 0 Å². The molecule has 1 N–H and O–H groups in total. The smallest absolute Gasteiger partial charge is 0.243 e. The Morgan fingerprint density at radius 3 is 2.11 bits per heavy atom. The van der Waals surface area contributed by atoms with Crippen molar-refractivity contribution in [1.82, 2.24) is 9.21 Å². The molecule has 0 spiro atoms. The Balaban J connectivity index is 1.71. The van der Waals surface area contributed by atoms with E-state index in [9.17, 15) is 13.2 Å². The van der Waals surface area contributed by atoms with Crippen molar-refractivity contribution in [3.05, 3.63) is 65.7 Å². The fourth-order valence-electron chi connectivity index (χ4n) is 3.66. The number of nitrogens with zero attached hydrogens (tertiary/aromatic N) is 2. The van der Waals surface area contributed by atoms with Crippen LogP contribution in [0.25, 0.3) is 0 Å². The molecule has 2 aromatic rings. The van der Waals surface area contributed by atoms with Crippen LogP contribution < -0.4 is 0 Å². The number of ketones is 1. The third kappa shape index (κ3) is 4.33. The number of aliphatic hydroxyl groups is 1. The van der Waals surface area contributed by atoms with E-state index in [1.165, 1.54) is 0 Å². The summed E-state index contributed by atoms with van der Waals surface area (Å²) in [4.78, 5) is 14.1. The van der Waals surface area contributed by atoms with Crippen LogP contribution in [-0.2, 0) is 16.6 Å². The number of Topliss-reactive ketones (excluding diaryl/α,β-unsaturated/α-hetero) is 1. The fraction of sp³-hybridized carbons (Fsp3) is 0.381. The van der Waals surface area contributed by atoms with Gasteiger partial charge in [-0.05, 0) is 31.5 Å². The number of sulfonamides is 1. The van der Waals surface area contributed by atoms with Gasteiger partial charge in [-0.1, -0.05) is 42.5 Å². The molecule has 6 nitrogen and oxygen atoms in total. The molecular formula is C21H26N2O4S. The summed E-state index contributed by atoms with van der Waals surface area (Å²) in [5.74, 6) is -0.298. The first kappa shape index (κ1) is 20.7. The van der Waals surface area contributed by atoms with Crippen LogP contribution in [-0.4, -0.2) is 60.3 Å². The summed E-state index contributed by atoms with van der Waals surface area (Å²) in [5, 5.41) is 8.95. The lowest BCUT2D eigenvalue weighted by atomic mass is 10.1. The molecule has 2 atom stereocenters. The summed E-state index contributed by atoms with van der Waals surface area (Å²) in [7, 11) is -3.50. The van der Waals surface area contributed by atoms with Crippen molar-refractivity contribution in [2.45, 2.75) is 37.4 Å². The molecule has 0 aliphatic carbocycles. The molecule has 1 aliphatic heterocycles. The lowest BCUT2D eigenvalue weighted by Gasteiger charge is -2.43. The zero-order valence-corrected chi connectivity index (χ0v) is 17.0. The quantitative estimate of drug-likeness (QED) is 0.749. The normalized spacial score (nSPS) is 21.5. The maximum absolute atomic E-state index is 12.9. The number of aliphatic hydroxyl groups excluding tert-OH is 1. The Morgan fingerprint density at radius 1 is 1.00 bits per heavy atom. The molecule has 28 heavy (non-hydrogen) atoms. The van der Waals surface area contributed by atoms with Crippen LogP contribution in [0.1, 0.15) is 29.8 Å². The number of carbonyl (C=O) groups excluding carboxylic acids is 1. The van der Waals surface area contributed by atoms with Gasteiger partial charge in [-0.25, -0.2) is 8.42 Å². The predicted molar refractivity (Wildman–Crippen MR) is 108 cm³/mol. The van der Waals surface area contributed by atoms with E-state index in [2.05, 4.69) is 4.90 Å². The summed E-state index contributed by atoms with van der Waals surface area (Å²) < 4.78 is 27.4. The second-order valence-electron chi connectivity index (χ2n) is 7.28. The zero-order chi connectivity index (χ0) is 20.3. The summed E-state index contributed by atoms with van der Waals surface area (Å²) in [5.41, 5.74) is 1.54. The summed E-state index contributed by atoms with van der Waals surface area (Å²) in [6.07, 6.45) is 0. The highest BCUT2D eigenvalue weighted by Crippen LogP contribution is 2.24. The number of carbonyl (C=O) groups is 1. The maximum atomic E-state index is 12.9. The van der Waals surface area contributed by atoms with Gasteiger partial charge in [0.05, 0.1) is 4.90 Å². The second kappa shape index (κ2) is 8.53. The molecule has 0 amide bonds. The highest BCUT2D eigenvalue weighted by Gasteiger charge is 2.35. The highest BCUT2D eigenvalue weighted by atomic mass is 32.2. The van der Waals surface area contributed by atoms with Gasteiger partial charge in [0.25, 0.3) is 0 Å². The van der Waals surface area contributed by atoms with Gasteiger partial charge in [-0.3, -0.25) is 9.69 Å². The zero-order valence-electron chi connectivity index (χ0n) is 16.2. The second-order valence-corrected chi connectivity index (χ2v) is 9.22. The molecule has 0 unspecified atom stereocenters. The molecule has 1 saturated heterocycles. The first-order valence-corrected chi connectivity index (χ1v) is 10.8. The van der Waals surface area contributed by atoms with E-state index in [-0.39, 0.29) is 17.9 Å². The molecule has 1 fully saturated rings. The Labute approximate surface area is 166 Å². The summed E-state index contributed by atoms with van der Waals surface area (Å²) in [6.45, 7) is 5.12. The monoisotopic (exact) mass is 402 g/mol. The van der Waals surface area contributed by atoms with E-state index in [4.69, 9.17) is 5.11 Å². The molecule has 150 valence electrons. The van der Waals surface area contributed by atoms with E-state index in [0.717, 1.165) is 5.56 Å². The number of rotatable bonds is 6. The van der Waals surface area contributed by atoms with Crippen molar-refractivity contribution < 1.29 is 18.3 Å². The molecule has 1 aliphatic rings. The minimum atomic E-state index is -3.50. The summed E-state index contributed by atoms with van der Waals surface area (Å²) in [6, 6.07) is 15.9. The third-order valence-corrected chi connectivity index (χ3v) is 7.08. The van der Waals surface area contributed by atoms with Gasteiger partial charge in [-0.15, -0.1) is 0 Å². The van der Waals surface area contributed by atoms with E-state index >= 15 is 0 Å². The van der Waals surface area contributed by atoms with Gasteiger partial charge >= 0.3 is 0 Å². The van der Waals surface area contributed by atoms with Gasteiger partial charge in [-0.2, -0.15) is 4.31 Å². The molecule has 3 rings (SSSR count). The summed E-state index contributed by atoms with van der Waals surface area (Å²) >= 11 is 0. The van der Waals surface area contributed by atoms with Gasteiger partial charge in [0, 0.05) is 37.3 Å². The van der Waals surface area contributed by atoms with Crippen molar-refractivity contribution >= 4 is 15.8 Å². The predicted octanol–water partition coefficient (Wildman–Crippen LogP) is 2.15. The fourth-order valence-corrected chi connectivity index (χ4v) is 5.28. The first-order chi connectivity index (χ1) is 13.3. The van der Waals surface area contributed by atoms with Gasteiger partial charge in [0.15, 0.2) is 5.78 Å². The molecule has 7 heteroatoms. The Hall–Kier alpha value is -2.06. The molecule has 0 saturated carbocycles. The van der Waals surface area contributed by atoms with Crippen molar-refractivity contribution in [2.75, 3.05) is 19.7 Å². The van der Waals surface area contributed by atoms with Crippen molar-refractivity contribution in [3.63, 3.8) is 0 Å². The molecule has 0 aromatic heterocycles. The van der Waals surface area contributed by atoms with Gasteiger partial charge in [0.2, 0.25) is 10.0 Å². The number of benzene rings is 2. The lowest BCUT2D eigenvalue weighted by molar-refractivity contribution is 0.0698. The molecule has 1 heterocycles. The Morgan fingerprint density at radius 2 is 1.57 bits per heavy atom. The molecule has 0 radical (unpaired) electrons. The first-order valence-electron chi connectivity index (χ1n) is 9.37. The van der Waals surface area contributed by atoms with E-state index < -0.39 is 16.6 Å². The minimum Gasteiger partial charge on any atom is -0.388 e. The average Bonchev–Trinajstić information content (AvgIpc) is 2.71.